The minimum atomic E-state index is 0.734. The van der Waals surface area contributed by atoms with Crippen LogP contribution in [-0.4, -0.2) is 19.7 Å². The lowest BCUT2D eigenvalue weighted by atomic mass is 10.2. The van der Waals surface area contributed by atoms with Crippen molar-refractivity contribution in [3.8, 4) is 0 Å². The zero-order valence-corrected chi connectivity index (χ0v) is 11.5. The quantitative estimate of drug-likeness (QED) is 0.725. The van der Waals surface area contributed by atoms with Crippen LogP contribution in [0.3, 0.4) is 0 Å². The molecule has 5 nitrogen and oxygen atoms in total. The first-order valence-corrected chi connectivity index (χ1v) is 6.64. The second kappa shape index (κ2) is 4.55. The third kappa shape index (κ3) is 2.26. The molecule has 0 radical (unpaired) electrons. The standard InChI is InChI=1S/C13H13N5S/c1-8-5-12(19-13-17-15-7-18(13)2)10-6-9(14)3-4-11(10)16-8/h3-7H,14H2,1-2H3. The van der Waals surface area contributed by atoms with E-state index in [9.17, 15) is 0 Å². The van der Waals surface area contributed by atoms with Crippen molar-refractivity contribution in [2.24, 2.45) is 7.05 Å². The summed E-state index contributed by atoms with van der Waals surface area (Å²) in [4.78, 5) is 5.61. The van der Waals surface area contributed by atoms with Crippen LogP contribution in [-0.2, 0) is 7.05 Å². The predicted molar refractivity (Wildman–Crippen MR) is 76.0 cm³/mol. The summed E-state index contributed by atoms with van der Waals surface area (Å²) < 4.78 is 1.89. The van der Waals surface area contributed by atoms with Crippen molar-refractivity contribution in [3.05, 3.63) is 36.3 Å². The van der Waals surface area contributed by atoms with E-state index in [2.05, 4.69) is 15.2 Å². The average molecular weight is 271 g/mol. The van der Waals surface area contributed by atoms with E-state index >= 15 is 0 Å². The van der Waals surface area contributed by atoms with Crippen molar-refractivity contribution in [2.45, 2.75) is 17.0 Å². The number of anilines is 1. The van der Waals surface area contributed by atoms with E-state index in [0.717, 1.165) is 32.3 Å². The van der Waals surface area contributed by atoms with Gasteiger partial charge in [0.25, 0.3) is 0 Å². The fourth-order valence-corrected chi connectivity index (χ4v) is 2.86. The van der Waals surface area contributed by atoms with E-state index in [1.165, 1.54) is 0 Å². The zero-order chi connectivity index (χ0) is 13.4. The molecule has 19 heavy (non-hydrogen) atoms. The number of nitrogen functional groups attached to an aromatic ring is 1. The molecule has 2 aromatic heterocycles. The first-order chi connectivity index (χ1) is 9.13. The van der Waals surface area contributed by atoms with E-state index in [1.807, 2.05) is 42.8 Å². The Bertz CT molecular complexity index is 750. The number of fused-ring (bicyclic) bond motifs is 1. The van der Waals surface area contributed by atoms with Gasteiger partial charge in [-0.1, -0.05) is 0 Å². The topological polar surface area (TPSA) is 69.6 Å². The van der Waals surface area contributed by atoms with Crippen molar-refractivity contribution in [1.82, 2.24) is 19.7 Å². The summed E-state index contributed by atoms with van der Waals surface area (Å²) >= 11 is 1.57. The van der Waals surface area contributed by atoms with Gasteiger partial charge >= 0.3 is 0 Å². The average Bonchev–Trinajstić information content (AvgIpc) is 2.76. The van der Waals surface area contributed by atoms with Crippen molar-refractivity contribution >= 4 is 28.4 Å². The number of nitrogens with zero attached hydrogens (tertiary/aromatic N) is 4. The third-order valence-corrected chi connectivity index (χ3v) is 3.90. The van der Waals surface area contributed by atoms with Crippen LogP contribution in [0.25, 0.3) is 10.9 Å². The lowest BCUT2D eigenvalue weighted by molar-refractivity contribution is 0.789. The van der Waals surface area contributed by atoms with Gasteiger partial charge in [0.05, 0.1) is 5.52 Å². The van der Waals surface area contributed by atoms with E-state index < -0.39 is 0 Å². The van der Waals surface area contributed by atoms with Gasteiger partial charge in [-0.15, -0.1) is 10.2 Å². The molecule has 2 N–H and O–H groups in total. The molecule has 3 aromatic rings. The predicted octanol–water partition coefficient (Wildman–Crippen LogP) is 2.41. The minimum absolute atomic E-state index is 0.734. The minimum Gasteiger partial charge on any atom is -0.399 e. The Labute approximate surface area is 114 Å². The van der Waals surface area contributed by atoms with Gasteiger partial charge in [0.2, 0.25) is 0 Å². The largest absolute Gasteiger partial charge is 0.399 e. The number of aromatic nitrogens is 4. The molecule has 0 spiro atoms. The molecule has 0 saturated heterocycles. The van der Waals surface area contributed by atoms with Crippen LogP contribution in [0, 0.1) is 6.92 Å². The summed E-state index contributed by atoms with van der Waals surface area (Å²) in [6.45, 7) is 1.98. The summed E-state index contributed by atoms with van der Waals surface area (Å²) in [5, 5.41) is 9.87. The number of hydrogen-bond acceptors (Lipinski definition) is 5. The van der Waals surface area contributed by atoms with Crippen LogP contribution in [0.4, 0.5) is 5.69 Å². The second-order valence-electron chi connectivity index (χ2n) is 4.36. The van der Waals surface area contributed by atoms with Gasteiger partial charge in [-0.2, -0.15) is 0 Å². The Hall–Kier alpha value is -2.08. The number of benzene rings is 1. The van der Waals surface area contributed by atoms with E-state index in [4.69, 9.17) is 5.73 Å². The lowest BCUT2D eigenvalue weighted by Gasteiger charge is -2.07. The molecule has 2 heterocycles. The Kier molecular flexibility index (Phi) is 2.87. The SMILES string of the molecule is Cc1cc(Sc2nncn2C)c2cc(N)ccc2n1. The van der Waals surface area contributed by atoms with Gasteiger partial charge in [-0.3, -0.25) is 4.98 Å². The molecule has 0 aliphatic rings. The molecule has 0 unspecified atom stereocenters. The summed E-state index contributed by atoms with van der Waals surface area (Å²) in [5.74, 6) is 0. The van der Waals surface area contributed by atoms with E-state index in [0.29, 0.717) is 0 Å². The summed E-state index contributed by atoms with van der Waals surface area (Å²) in [6, 6.07) is 7.80. The first kappa shape index (κ1) is 12.0. The van der Waals surface area contributed by atoms with Gasteiger partial charge in [0.1, 0.15) is 6.33 Å². The summed E-state index contributed by atoms with van der Waals surface area (Å²) in [6.07, 6.45) is 1.69. The highest BCUT2D eigenvalue weighted by Crippen LogP contribution is 2.33. The summed E-state index contributed by atoms with van der Waals surface area (Å²) in [7, 11) is 1.92. The first-order valence-electron chi connectivity index (χ1n) is 5.82. The molecule has 0 atom stereocenters. The molecule has 0 bridgehead atoms. The molecule has 0 aliphatic heterocycles. The third-order valence-electron chi connectivity index (χ3n) is 2.79. The van der Waals surface area contributed by atoms with Gasteiger partial charge in [0, 0.05) is 28.7 Å². The van der Waals surface area contributed by atoms with Crippen LogP contribution < -0.4 is 5.73 Å². The lowest BCUT2D eigenvalue weighted by Crippen LogP contribution is -1.92. The number of nitrogens with two attached hydrogens (primary N) is 1. The Morgan fingerprint density at radius 3 is 2.84 bits per heavy atom. The maximum atomic E-state index is 5.86. The molecule has 0 saturated carbocycles. The molecular weight excluding hydrogens is 258 g/mol. The van der Waals surface area contributed by atoms with E-state index in [-0.39, 0.29) is 0 Å². The Morgan fingerprint density at radius 1 is 1.26 bits per heavy atom. The monoisotopic (exact) mass is 271 g/mol. The van der Waals surface area contributed by atoms with E-state index in [1.54, 1.807) is 18.1 Å². The van der Waals surface area contributed by atoms with Crippen LogP contribution in [0.5, 0.6) is 0 Å². The number of hydrogen-bond donors (Lipinski definition) is 1. The molecule has 96 valence electrons. The van der Waals surface area contributed by atoms with Crippen LogP contribution in [0.15, 0.2) is 40.6 Å². The van der Waals surface area contributed by atoms with Crippen LogP contribution in [0.2, 0.25) is 0 Å². The molecule has 1 aromatic carbocycles. The molecule has 0 fully saturated rings. The highest BCUT2D eigenvalue weighted by Gasteiger charge is 2.09. The van der Waals surface area contributed by atoms with Crippen molar-refractivity contribution < 1.29 is 0 Å². The Balaban J connectivity index is 2.16. The maximum absolute atomic E-state index is 5.86. The zero-order valence-electron chi connectivity index (χ0n) is 10.7. The molecule has 0 amide bonds. The highest BCUT2D eigenvalue weighted by atomic mass is 32.2. The summed E-state index contributed by atoms with van der Waals surface area (Å²) in [5.41, 5.74) is 8.52. The molecule has 3 rings (SSSR count). The van der Waals surface area contributed by atoms with Crippen molar-refractivity contribution in [1.29, 1.82) is 0 Å². The molecule has 6 heteroatoms. The smallest absolute Gasteiger partial charge is 0.195 e. The second-order valence-corrected chi connectivity index (χ2v) is 5.37. The van der Waals surface area contributed by atoms with Gasteiger partial charge < -0.3 is 10.3 Å². The fourth-order valence-electron chi connectivity index (χ4n) is 1.89. The van der Waals surface area contributed by atoms with Crippen LogP contribution in [0.1, 0.15) is 5.69 Å². The van der Waals surface area contributed by atoms with Gasteiger partial charge in [-0.25, -0.2) is 0 Å². The molecular formula is C13H13N5S. The Morgan fingerprint density at radius 2 is 2.11 bits per heavy atom. The van der Waals surface area contributed by atoms with Crippen molar-refractivity contribution in [2.75, 3.05) is 5.73 Å². The molecule has 0 aliphatic carbocycles. The van der Waals surface area contributed by atoms with Gasteiger partial charge in [0.15, 0.2) is 5.16 Å². The maximum Gasteiger partial charge on any atom is 0.195 e. The van der Waals surface area contributed by atoms with Gasteiger partial charge in [-0.05, 0) is 43.0 Å². The number of pyridine rings is 1. The van der Waals surface area contributed by atoms with Crippen molar-refractivity contribution in [3.63, 3.8) is 0 Å². The number of aryl methyl sites for hydroxylation is 2. The van der Waals surface area contributed by atoms with Crippen LogP contribution >= 0.6 is 11.8 Å². The number of rotatable bonds is 2. The fraction of sp³-hybridized carbons (Fsp3) is 0.154. The normalized spacial score (nSPS) is 11.1. The highest BCUT2D eigenvalue weighted by molar-refractivity contribution is 7.99.